The summed E-state index contributed by atoms with van der Waals surface area (Å²) in [5, 5.41) is 0. The Morgan fingerprint density at radius 2 is 1.63 bits per heavy atom. The molecule has 0 aliphatic heterocycles. The molecular formula is C15H19Br2NS. The molecule has 104 valence electrons. The fraction of sp³-hybridized carbons (Fsp3) is 0.733. The van der Waals surface area contributed by atoms with Crippen LogP contribution in [0.2, 0.25) is 0 Å². The summed E-state index contributed by atoms with van der Waals surface area (Å²) in [4.78, 5) is 0. The van der Waals surface area contributed by atoms with Crippen molar-refractivity contribution >= 4 is 43.2 Å². The van der Waals surface area contributed by atoms with Crippen LogP contribution in [0.4, 0.5) is 0 Å². The van der Waals surface area contributed by atoms with E-state index in [1.54, 1.807) is 11.3 Å². The van der Waals surface area contributed by atoms with Gasteiger partial charge in [0.15, 0.2) is 0 Å². The fourth-order valence-corrected chi connectivity index (χ4v) is 8.30. The Bertz CT molecular complexity index is 470. The van der Waals surface area contributed by atoms with Gasteiger partial charge >= 0.3 is 0 Å². The van der Waals surface area contributed by atoms with E-state index in [1.807, 2.05) is 0 Å². The highest BCUT2D eigenvalue weighted by Gasteiger charge is 2.50. The smallest absolute Gasteiger partial charge is 0.0758 e. The number of nitrogens with two attached hydrogens (primary N) is 1. The number of rotatable bonds is 2. The van der Waals surface area contributed by atoms with Crippen molar-refractivity contribution < 1.29 is 0 Å². The molecule has 2 N–H and O–H groups in total. The zero-order valence-electron chi connectivity index (χ0n) is 10.8. The summed E-state index contributed by atoms with van der Waals surface area (Å²) in [7, 11) is 0. The van der Waals surface area contributed by atoms with Crippen molar-refractivity contribution in [3.63, 3.8) is 0 Å². The number of hydrogen-bond acceptors (Lipinski definition) is 2. The molecule has 0 saturated heterocycles. The molecule has 4 aliphatic carbocycles. The van der Waals surface area contributed by atoms with Gasteiger partial charge < -0.3 is 5.73 Å². The lowest BCUT2D eigenvalue weighted by atomic mass is 9.50. The first-order valence-electron chi connectivity index (χ1n) is 7.32. The third-order valence-electron chi connectivity index (χ3n) is 5.76. The molecule has 1 nitrogen and oxygen atoms in total. The number of halogens is 2. The van der Waals surface area contributed by atoms with Crippen molar-refractivity contribution in [2.24, 2.45) is 35.3 Å². The van der Waals surface area contributed by atoms with Gasteiger partial charge in [-0.1, -0.05) is 0 Å². The molecule has 0 radical (unpaired) electrons. The van der Waals surface area contributed by atoms with Crippen LogP contribution in [0, 0.1) is 29.6 Å². The molecule has 0 spiro atoms. The second kappa shape index (κ2) is 4.82. The molecule has 1 atom stereocenters. The molecular weight excluding hydrogens is 386 g/mol. The molecule has 4 aliphatic rings. The van der Waals surface area contributed by atoms with E-state index >= 15 is 0 Å². The summed E-state index contributed by atoms with van der Waals surface area (Å²) >= 11 is 9.03. The summed E-state index contributed by atoms with van der Waals surface area (Å²) in [5.41, 5.74) is 8.02. The van der Waals surface area contributed by atoms with Gasteiger partial charge in [0.25, 0.3) is 0 Å². The summed E-state index contributed by atoms with van der Waals surface area (Å²) in [6, 6.07) is 2.46. The maximum atomic E-state index is 6.69. The van der Waals surface area contributed by atoms with E-state index in [0.29, 0.717) is 0 Å². The van der Waals surface area contributed by atoms with Crippen LogP contribution in [-0.4, -0.2) is 0 Å². The Hall–Kier alpha value is 0.620. The highest BCUT2D eigenvalue weighted by atomic mass is 79.9. The van der Waals surface area contributed by atoms with E-state index in [0.717, 1.165) is 29.6 Å². The van der Waals surface area contributed by atoms with Crippen LogP contribution in [0.5, 0.6) is 0 Å². The molecule has 1 aromatic heterocycles. The molecule has 4 bridgehead atoms. The van der Waals surface area contributed by atoms with Gasteiger partial charge in [-0.3, -0.25) is 0 Å². The molecule has 0 aromatic carbocycles. The predicted molar refractivity (Wildman–Crippen MR) is 87.2 cm³/mol. The van der Waals surface area contributed by atoms with Gasteiger partial charge in [-0.2, -0.15) is 0 Å². The first-order valence-corrected chi connectivity index (χ1v) is 9.72. The minimum Gasteiger partial charge on any atom is -0.324 e. The Morgan fingerprint density at radius 1 is 1.05 bits per heavy atom. The highest BCUT2D eigenvalue weighted by molar-refractivity contribution is 9.12. The van der Waals surface area contributed by atoms with Gasteiger partial charge in [0.05, 0.1) is 7.57 Å². The molecule has 1 heterocycles. The molecule has 4 heteroatoms. The van der Waals surface area contributed by atoms with Crippen molar-refractivity contribution in [1.82, 2.24) is 0 Å². The number of thiophene rings is 1. The quantitative estimate of drug-likeness (QED) is 0.706. The van der Waals surface area contributed by atoms with Gasteiger partial charge in [0, 0.05) is 6.04 Å². The first-order chi connectivity index (χ1) is 9.11. The lowest BCUT2D eigenvalue weighted by Gasteiger charge is -2.56. The Labute approximate surface area is 135 Å². The lowest BCUT2D eigenvalue weighted by Crippen LogP contribution is -2.48. The van der Waals surface area contributed by atoms with E-state index in [1.165, 1.54) is 45.2 Å². The average molecular weight is 405 g/mol. The van der Waals surface area contributed by atoms with Crippen LogP contribution in [0.15, 0.2) is 13.6 Å². The largest absolute Gasteiger partial charge is 0.324 e. The van der Waals surface area contributed by atoms with Gasteiger partial charge in [-0.25, -0.2) is 0 Å². The SMILES string of the molecule is NC(c1cc(Br)sc1Br)C1C2CC3CC(C2)CC1C3. The van der Waals surface area contributed by atoms with Crippen LogP contribution in [-0.2, 0) is 0 Å². The summed E-state index contributed by atoms with van der Waals surface area (Å²) < 4.78 is 2.41. The third-order valence-corrected chi connectivity index (χ3v) is 8.14. The van der Waals surface area contributed by atoms with Crippen LogP contribution in [0.25, 0.3) is 0 Å². The second-order valence-corrected chi connectivity index (χ2v) is 10.6. The maximum absolute atomic E-state index is 6.69. The fourth-order valence-electron chi connectivity index (χ4n) is 5.34. The zero-order valence-corrected chi connectivity index (χ0v) is 14.8. The predicted octanol–water partition coefficient (Wildman–Crippen LogP) is 5.35. The average Bonchev–Trinajstić information content (AvgIpc) is 2.66. The molecule has 5 rings (SSSR count). The van der Waals surface area contributed by atoms with Gasteiger partial charge in [0.2, 0.25) is 0 Å². The van der Waals surface area contributed by atoms with Crippen LogP contribution < -0.4 is 5.73 Å². The standard InChI is InChI=1S/C15H19Br2NS/c16-12-6-11(15(17)19-12)14(18)13-9-2-7-1-8(4-9)5-10(13)3-7/h6-10,13-14H,1-5,18H2. The van der Waals surface area contributed by atoms with Crippen molar-refractivity contribution in [2.45, 2.75) is 38.1 Å². The third kappa shape index (κ3) is 2.18. The van der Waals surface area contributed by atoms with Crippen molar-refractivity contribution in [2.75, 3.05) is 0 Å². The first kappa shape index (κ1) is 13.3. The topological polar surface area (TPSA) is 26.0 Å². The van der Waals surface area contributed by atoms with Crippen molar-refractivity contribution in [3.8, 4) is 0 Å². The summed E-state index contributed by atoms with van der Waals surface area (Å²) in [6.45, 7) is 0. The van der Waals surface area contributed by atoms with E-state index in [-0.39, 0.29) is 6.04 Å². The molecule has 19 heavy (non-hydrogen) atoms. The molecule has 4 fully saturated rings. The van der Waals surface area contributed by atoms with E-state index in [4.69, 9.17) is 5.73 Å². The zero-order chi connectivity index (χ0) is 13.1. The number of hydrogen-bond donors (Lipinski definition) is 1. The maximum Gasteiger partial charge on any atom is 0.0758 e. The van der Waals surface area contributed by atoms with Crippen molar-refractivity contribution in [3.05, 3.63) is 19.2 Å². The van der Waals surface area contributed by atoms with E-state index in [9.17, 15) is 0 Å². The van der Waals surface area contributed by atoms with Crippen LogP contribution in [0.3, 0.4) is 0 Å². The Balaban J connectivity index is 1.63. The highest BCUT2D eigenvalue weighted by Crippen LogP contribution is 2.59. The molecule has 1 unspecified atom stereocenters. The van der Waals surface area contributed by atoms with Gasteiger partial charge in [-0.15, -0.1) is 11.3 Å². The minimum absolute atomic E-state index is 0.229. The normalized spacial score (nSPS) is 41.7. The van der Waals surface area contributed by atoms with Gasteiger partial charge in [0.1, 0.15) is 0 Å². The molecule has 1 aromatic rings. The van der Waals surface area contributed by atoms with Crippen molar-refractivity contribution in [1.29, 1.82) is 0 Å². The van der Waals surface area contributed by atoms with Crippen LogP contribution >= 0.6 is 43.2 Å². The summed E-state index contributed by atoms with van der Waals surface area (Å²) in [6.07, 6.45) is 7.33. The van der Waals surface area contributed by atoms with E-state index in [2.05, 4.69) is 37.9 Å². The molecule has 0 amide bonds. The lowest BCUT2D eigenvalue weighted by molar-refractivity contribution is -0.0472. The van der Waals surface area contributed by atoms with Crippen LogP contribution in [0.1, 0.15) is 43.7 Å². The Kier molecular flexibility index (Phi) is 3.37. The monoisotopic (exact) mass is 403 g/mol. The van der Waals surface area contributed by atoms with E-state index < -0.39 is 0 Å². The second-order valence-electron chi connectivity index (χ2n) is 6.81. The summed E-state index contributed by atoms with van der Waals surface area (Å²) in [5.74, 6) is 4.59. The van der Waals surface area contributed by atoms with Gasteiger partial charge in [-0.05, 0) is 105 Å². The minimum atomic E-state index is 0.229. The molecule has 4 saturated carbocycles. The Morgan fingerprint density at radius 3 is 2.11 bits per heavy atom.